The molecule has 1 atom stereocenters. The van der Waals surface area contributed by atoms with Gasteiger partial charge in [-0.25, -0.2) is 4.21 Å². The van der Waals surface area contributed by atoms with Crippen molar-refractivity contribution in [1.29, 1.82) is 0 Å². The van der Waals surface area contributed by atoms with Crippen molar-refractivity contribution in [2.75, 3.05) is 12.4 Å². The standard InChI is InChI=1S/C4H8O3S/c1-2-7-3-4-8(5)6/h2H,1,3-4H2,(H,5,6). The van der Waals surface area contributed by atoms with Gasteiger partial charge in [-0.2, -0.15) is 0 Å². The van der Waals surface area contributed by atoms with Gasteiger partial charge in [0.25, 0.3) is 0 Å². The van der Waals surface area contributed by atoms with Crippen molar-refractivity contribution in [1.82, 2.24) is 0 Å². The second-order valence-corrected chi connectivity index (χ2v) is 2.11. The number of hydrogen-bond donors (Lipinski definition) is 1. The Morgan fingerprint density at radius 3 is 2.88 bits per heavy atom. The van der Waals surface area contributed by atoms with Gasteiger partial charge in [-0.1, -0.05) is 6.58 Å². The van der Waals surface area contributed by atoms with Crippen molar-refractivity contribution >= 4 is 11.1 Å². The molecule has 3 nitrogen and oxygen atoms in total. The molecular weight excluding hydrogens is 128 g/mol. The summed E-state index contributed by atoms with van der Waals surface area (Å²) in [7, 11) is 0. The van der Waals surface area contributed by atoms with E-state index in [1.807, 2.05) is 0 Å². The lowest BCUT2D eigenvalue weighted by atomic mass is 10.8. The molecule has 0 saturated carbocycles. The molecule has 0 bridgehead atoms. The summed E-state index contributed by atoms with van der Waals surface area (Å²) in [5.74, 6) is 0.145. The smallest absolute Gasteiger partial charge is 0.156 e. The molecule has 1 unspecified atom stereocenters. The Kier molecular flexibility index (Phi) is 4.59. The fraction of sp³-hybridized carbons (Fsp3) is 0.500. The highest BCUT2D eigenvalue weighted by Gasteiger charge is 1.89. The first kappa shape index (κ1) is 7.65. The summed E-state index contributed by atoms with van der Waals surface area (Å²) in [5.41, 5.74) is 0. The average Bonchev–Trinajstić information content (AvgIpc) is 1.66. The van der Waals surface area contributed by atoms with E-state index in [-0.39, 0.29) is 12.4 Å². The first-order valence-electron chi connectivity index (χ1n) is 2.07. The van der Waals surface area contributed by atoms with Gasteiger partial charge in [0.15, 0.2) is 11.1 Å². The van der Waals surface area contributed by atoms with Gasteiger partial charge in [0.2, 0.25) is 0 Å². The van der Waals surface area contributed by atoms with Crippen LogP contribution in [0.25, 0.3) is 0 Å². The molecule has 0 aliphatic rings. The minimum atomic E-state index is -1.74. The van der Waals surface area contributed by atoms with Crippen LogP contribution >= 0.6 is 0 Å². The predicted octanol–water partition coefficient (Wildman–Crippen LogP) is 0.368. The Bertz CT molecular complexity index is 91.3. The third-order valence-corrected chi connectivity index (χ3v) is 1.01. The van der Waals surface area contributed by atoms with Crippen molar-refractivity contribution in [2.45, 2.75) is 0 Å². The Labute approximate surface area is 50.6 Å². The van der Waals surface area contributed by atoms with Crippen molar-refractivity contribution in [3.8, 4) is 0 Å². The first-order chi connectivity index (χ1) is 3.77. The van der Waals surface area contributed by atoms with Crippen LogP contribution in [0.4, 0.5) is 0 Å². The molecular formula is C4H8O3S. The molecule has 0 aromatic heterocycles. The van der Waals surface area contributed by atoms with Gasteiger partial charge < -0.3 is 9.29 Å². The summed E-state index contributed by atoms with van der Waals surface area (Å²) < 4.78 is 22.6. The van der Waals surface area contributed by atoms with Gasteiger partial charge >= 0.3 is 0 Å². The molecule has 48 valence electrons. The maximum atomic E-state index is 9.87. The van der Waals surface area contributed by atoms with Gasteiger partial charge in [-0.05, 0) is 0 Å². The van der Waals surface area contributed by atoms with Crippen molar-refractivity contribution in [3.05, 3.63) is 12.8 Å². The molecule has 0 radical (unpaired) electrons. The van der Waals surface area contributed by atoms with Crippen LogP contribution < -0.4 is 0 Å². The van der Waals surface area contributed by atoms with E-state index in [2.05, 4.69) is 11.3 Å². The molecule has 8 heavy (non-hydrogen) atoms. The van der Waals surface area contributed by atoms with Crippen LogP contribution in [-0.4, -0.2) is 21.1 Å². The zero-order chi connectivity index (χ0) is 6.41. The van der Waals surface area contributed by atoms with Gasteiger partial charge in [0.1, 0.15) is 6.61 Å². The minimum absolute atomic E-state index is 0.145. The third-order valence-electron chi connectivity index (χ3n) is 0.494. The molecule has 0 fully saturated rings. The van der Waals surface area contributed by atoms with E-state index in [4.69, 9.17) is 4.55 Å². The van der Waals surface area contributed by atoms with Crippen molar-refractivity contribution in [3.63, 3.8) is 0 Å². The van der Waals surface area contributed by atoms with E-state index >= 15 is 0 Å². The molecule has 0 rings (SSSR count). The van der Waals surface area contributed by atoms with E-state index < -0.39 is 11.1 Å². The molecule has 4 heteroatoms. The minimum Gasteiger partial charge on any atom is -0.501 e. The molecule has 1 N–H and O–H groups in total. The van der Waals surface area contributed by atoms with Crippen LogP contribution in [0.15, 0.2) is 12.8 Å². The van der Waals surface area contributed by atoms with Crippen LogP contribution in [0.5, 0.6) is 0 Å². The lowest BCUT2D eigenvalue weighted by Gasteiger charge is -1.93. The monoisotopic (exact) mass is 136 g/mol. The van der Waals surface area contributed by atoms with Gasteiger partial charge in [-0.3, -0.25) is 0 Å². The van der Waals surface area contributed by atoms with Crippen LogP contribution in [0, 0.1) is 0 Å². The predicted molar refractivity (Wildman–Crippen MR) is 31.8 cm³/mol. The Hall–Kier alpha value is -0.350. The Morgan fingerprint density at radius 2 is 2.50 bits per heavy atom. The maximum absolute atomic E-state index is 9.87. The number of rotatable bonds is 4. The van der Waals surface area contributed by atoms with Crippen LogP contribution in [0.2, 0.25) is 0 Å². The molecule has 0 amide bonds. The van der Waals surface area contributed by atoms with E-state index in [0.717, 1.165) is 0 Å². The summed E-state index contributed by atoms with van der Waals surface area (Å²) in [6.45, 7) is 3.51. The average molecular weight is 136 g/mol. The molecule has 0 saturated heterocycles. The van der Waals surface area contributed by atoms with E-state index in [1.54, 1.807) is 0 Å². The maximum Gasteiger partial charge on any atom is 0.156 e. The highest BCUT2D eigenvalue weighted by molar-refractivity contribution is 7.79. The van der Waals surface area contributed by atoms with Gasteiger partial charge in [0, 0.05) is 0 Å². The van der Waals surface area contributed by atoms with Gasteiger partial charge in [-0.15, -0.1) is 0 Å². The van der Waals surface area contributed by atoms with Gasteiger partial charge in [0.05, 0.1) is 12.0 Å². The highest BCUT2D eigenvalue weighted by atomic mass is 32.2. The Balaban J connectivity index is 2.93. The molecule has 0 aromatic carbocycles. The molecule has 0 spiro atoms. The summed E-state index contributed by atoms with van der Waals surface area (Å²) in [6, 6.07) is 0. The summed E-state index contributed by atoms with van der Waals surface area (Å²) in [4.78, 5) is 0. The highest BCUT2D eigenvalue weighted by Crippen LogP contribution is 1.76. The summed E-state index contributed by atoms with van der Waals surface area (Å²) >= 11 is -1.74. The van der Waals surface area contributed by atoms with Crippen molar-refractivity contribution in [2.24, 2.45) is 0 Å². The quantitative estimate of drug-likeness (QED) is 0.345. The van der Waals surface area contributed by atoms with E-state index in [9.17, 15) is 4.21 Å². The van der Waals surface area contributed by atoms with E-state index in [0.29, 0.717) is 0 Å². The second kappa shape index (κ2) is 4.80. The third kappa shape index (κ3) is 5.65. The van der Waals surface area contributed by atoms with Crippen LogP contribution in [-0.2, 0) is 15.8 Å². The lowest BCUT2D eigenvalue weighted by molar-refractivity contribution is 0.271. The number of ether oxygens (including phenoxy) is 1. The zero-order valence-corrected chi connectivity index (χ0v) is 5.19. The van der Waals surface area contributed by atoms with Crippen LogP contribution in [0.1, 0.15) is 0 Å². The lowest BCUT2D eigenvalue weighted by Crippen LogP contribution is -2.00. The normalized spacial score (nSPS) is 12.6. The molecule has 0 aromatic rings. The van der Waals surface area contributed by atoms with E-state index in [1.165, 1.54) is 6.26 Å². The number of hydrogen-bond acceptors (Lipinski definition) is 2. The second-order valence-electron chi connectivity index (χ2n) is 1.06. The van der Waals surface area contributed by atoms with Crippen molar-refractivity contribution < 1.29 is 13.5 Å². The molecule has 0 aliphatic carbocycles. The largest absolute Gasteiger partial charge is 0.501 e. The first-order valence-corrected chi connectivity index (χ1v) is 3.35. The summed E-state index contributed by atoms with van der Waals surface area (Å²) in [5, 5.41) is 0. The fourth-order valence-electron chi connectivity index (χ4n) is 0.203. The topological polar surface area (TPSA) is 46.5 Å². The Morgan fingerprint density at radius 1 is 1.88 bits per heavy atom. The zero-order valence-electron chi connectivity index (χ0n) is 4.37. The molecule has 0 aliphatic heterocycles. The molecule has 0 heterocycles. The SMILES string of the molecule is C=COCCS(=O)O. The van der Waals surface area contributed by atoms with Crippen LogP contribution in [0.3, 0.4) is 0 Å². The fourth-order valence-corrected chi connectivity index (χ4v) is 0.442. The summed E-state index contributed by atoms with van der Waals surface area (Å²) in [6.07, 6.45) is 1.24.